The van der Waals surface area contributed by atoms with Crippen LogP contribution >= 0.6 is 0 Å². The second-order valence-electron chi connectivity index (χ2n) is 4.62. The van der Waals surface area contributed by atoms with Gasteiger partial charge in [-0.3, -0.25) is 9.41 Å². The minimum absolute atomic E-state index is 0. The Hall–Kier alpha value is -3.26. The van der Waals surface area contributed by atoms with Gasteiger partial charge in [-0.2, -0.15) is 0 Å². The molecule has 0 saturated carbocycles. The zero-order valence-electron chi connectivity index (χ0n) is 14.7. The molecule has 0 aliphatic heterocycles. The Labute approximate surface area is 155 Å². The molecule has 4 rings (SSSR count). The molecule has 0 bridgehead atoms. The lowest BCUT2D eigenvalue weighted by Crippen LogP contribution is -1.47. The Morgan fingerprint density at radius 3 is 0.192 bits per heavy atom. The molecule has 0 unspecified atom stereocenters. The molecule has 4 aromatic carbocycles. The van der Waals surface area contributed by atoms with Crippen LogP contribution in [0.25, 0.3) is 0 Å². The molecule has 0 atom stereocenters. The number of hydrogen-bond donors (Lipinski definition) is 0. The number of benzene rings is 4. The lowest BCUT2D eigenvalue weighted by molar-refractivity contribution is 1.11. The van der Waals surface area contributed by atoms with Crippen LogP contribution in [0.5, 0.6) is 0 Å². The lowest BCUT2D eigenvalue weighted by Gasteiger charge is -1.69. The molecule has 0 spiro atoms. The minimum Gasteiger partial charge on any atom is -0.269 e. The van der Waals surface area contributed by atoms with Crippen molar-refractivity contribution < 1.29 is 9.41 Å². The van der Waals surface area contributed by atoms with Crippen molar-refractivity contribution in [2.45, 2.75) is 0 Å². The first-order valence-corrected chi connectivity index (χ1v) is 8.00. The van der Waals surface area contributed by atoms with Crippen LogP contribution in [0.3, 0.4) is 0 Å². The summed E-state index contributed by atoms with van der Waals surface area (Å²) >= 11 is 0. The van der Waals surface area contributed by atoms with Gasteiger partial charge in [-0.05, 0) is 0 Å². The van der Waals surface area contributed by atoms with Gasteiger partial charge >= 0.3 is 0 Å². The quantitative estimate of drug-likeness (QED) is 0.318. The van der Waals surface area contributed by atoms with Gasteiger partial charge in [-0.25, -0.2) is 0 Å². The van der Waals surface area contributed by atoms with E-state index in [-0.39, 0.29) is 9.41 Å². The zero-order chi connectivity index (χ0) is 17.0. The molecule has 2 heteroatoms. The number of halogens is 2. The zero-order valence-corrected chi connectivity index (χ0v) is 14.7. The molecule has 0 saturated heterocycles. The molecule has 0 aromatic heterocycles. The molecule has 26 heavy (non-hydrogen) atoms. The highest BCUT2D eigenvalue weighted by atomic mass is 19.0. The van der Waals surface area contributed by atoms with Crippen molar-refractivity contribution in [2.24, 2.45) is 0 Å². The smallest absolute Gasteiger partial charge is 0.0623 e. The molecule has 0 aliphatic rings. The van der Waals surface area contributed by atoms with E-state index in [9.17, 15) is 0 Å². The van der Waals surface area contributed by atoms with E-state index in [0.29, 0.717) is 0 Å². The number of hydrogen-bond acceptors (Lipinski definition) is 0. The van der Waals surface area contributed by atoms with Crippen LogP contribution in [0.1, 0.15) is 0 Å². The van der Waals surface area contributed by atoms with Crippen LogP contribution in [0.4, 0.5) is 9.41 Å². The maximum absolute atomic E-state index is 2.00. The van der Waals surface area contributed by atoms with E-state index >= 15 is 0 Å². The Morgan fingerprint density at radius 1 is 0.115 bits per heavy atom. The summed E-state index contributed by atoms with van der Waals surface area (Å²) in [5.74, 6) is 0. The molecular weight excluding hydrogens is 326 g/mol. The van der Waals surface area contributed by atoms with Gasteiger partial charge in [-0.1, -0.05) is 146 Å². The SMILES string of the molecule is F.F.c1ccccc1.c1ccccc1.c1ccccc1.c1ccccc1. The normalized spacial score (nSPS) is 7.38. The molecule has 0 aliphatic carbocycles. The molecule has 0 N–H and O–H groups in total. The first-order chi connectivity index (χ1) is 12.0. The molecule has 0 fully saturated rings. The van der Waals surface area contributed by atoms with Crippen LogP contribution in [0.2, 0.25) is 0 Å². The van der Waals surface area contributed by atoms with Crippen LogP contribution in [-0.4, -0.2) is 0 Å². The minimum atomic E-state index is 0. The van der Waals surface area contributed by atoms with Gasteiger partial charge in [0.05, 0.1) is 0 Å². The van der Waals surface area contributed by atoms with E-state index in [1.165, 1.54) is 0 Å². The van der Waals surface area contributed by atoms with E-state index in [4.69, 9.17) is 0 Å². The standard InChI is InChI=1S/4C6H6.2FH/c4*1-2-4-6-5-3-1;;/h4*1-6H;2*1H. The van der Waals surface area contributed by atoms with Crippen LogP contribution in [0.15, 0.2) is 146 Å². The van der Waals surface area contributed by atoms with Gasteiger partial charge in [0.1, 0.15) is 0 Å². The fourth-order valence-electron chi connectivity index (χ4n) is 1.54. The molecule has 136 valence electrons. The summed E-state index contributed by atoms with van der Waals surface area (Å²) in [6.07, 6.45) is 0. The molecule has 0 heterocycles. The fourth-order valence-corrected chi connectivity index (χ4v) is 1.54. The second kappa shape index (κ2) is 21.7. The third-order valence-electron chi connectivity index (χ3n) is 2.67. The van der Waals surface area contributed by atoms with Crippen molar-refractivity contribution in [3.05, 3.63) is 146 Å². The van der Waals surface area contributed by atoms with Gasteiger partial charge in [0.25, 0.3) is 0 Å². The topological polar surface area (TPSA) is 0 Å². The van der Waals surface area contributed by atoms with Crippen molar-refractivity contribution in [1.29, 1.82) is 0 Å². The van der Waals surface area contributed by atoms with Crippen LogP contribution in [0, 0.1) is 0 Å². The monoisotopic (exact) mass is 352 g/mol. The summed E-state index contributed by atoms with van der Waals surface area (Å²) in [5, 5.41) is 0. The van der Waals surface area contributed by atoms with E-state index in [1.807, 2.05) is 146 Å². The highest BCUT2D eigenvalue weighted by Crippen LogP contribution is 1.81. The summed E-state index contributed by atoms with van der Waals surface area (Å²) in [6, 6.07) is 48.0. The average molecular weight is 352 g/mol. The van der Waals surface area contributed by atoms with E-state index in [0.717, 1.165) is 0 Å². The largest absolute Gasteiger partial charge is 0.269 e. The van der Waals surface area contributed by atoms with Crippen molar-refractivity contribution in [3.63, 3.8) is 0 Å². The van der Waals surface area contributed by atoms with E-state index in [1.54, 1.807) is 0 Å². The molecule has 0 radical (unpaired) electrons. The van der Waals surface area contributed by atoms with Gasteiger partial charge in [0, 0.05) is 0 Å². The predicted octanol–water partition coefficient (Wildman–Crippen LogP) is 7.05. The molecule has 0 amide bonds. The summed E-state index contributed by atoms with van der Waals surface area (Å²) < 4.78 is 0. The van der Waals surface area contributed by atoms with Crippen molar-refractivity contribution in [1.82, 2.24) is 0 Å². The molecular formula is C24H26F2. The predicted molar refractivity (Wildman–Crippen MR) is 111 cm³/mol. The Bertz CT molecular complexity index is 424. The molecule has 4 aromatic rings. The maximum Gasteiger partial charge on any atom is -0.0623 e. The summed E-state index contributed by atoms with van der Waals surface area (Å²) in [5.41, 5.74) is 0. The third kappa shape index (κ3) is 18.8. The lowest BCUT2D eigenvalue weighted by atomic mass is 10.4. The van der Waals surface area contributed by atoms with E-state index < -0.39 is 0 Å². The highest BCUT2D eigenvalue weighted by molar-refractivity contribution is 5.00. The summed E-state index contributed by atoms with van der Waals surface area (Å²) in [7, 11) is 0. The summed E-state index contributed by atoms with van der Waals surface area (Å²) in [4.78, 5) is 0. The van der Waals surface area contributed by atoms with E-state index in [2.05, 4.69) is 0 Å². The first-order valence-electron chi connectivity index (χ1n) is 8.00. The highest BCUT2D eigenvalue weighted by Gasteiger charge is 1.59. The van der Waals surface area contributed by atoms with Gasteiger partial charge in [0.2, 0.25) is 0 Å². The summed E-state index contributed by atoms with van der Waals surface area (Å²) in [6.45, 7) is 0. The Morgan fingerprint density at radius 2 is 0.154 bits per heavy atom. The maximum atomic E-state index is 2.00. The van der Waals surface area contributed by atoms with Crippen molar-refractivity contribution >= 4 is 0 Å². The van der Waals surface area contributed by atoms with Gasteiger partial charge in [0.15, 0.2) is 0 Å². The third-order valence-corrected chi connectivity index (χ3v) is 2.67. The molecule has 0 nitrogen and oxygen atoms in total. The number of rotatable bonds is 0. The van der Waals surface area contributed by atoms with Crippen molar-refractivity contribution in [2.75, 3.05) is 0 Å². The Kier molecular flexibility index (Phi) is 20.9. The van der Waals surface area contributed by atoms with Crippen LogP contribution < -0.4 is 0 Å². The van der Waals surface area contributed by atoms with Crippen molar-refractivity contribution in [3.8, 4) is 0 Å². The van der Waals surface area contributed by atoms with Gasteiger partial charge in [-0.15, -0.1) is 0 Å². The Balaban J connectivity index is 0. The van der Waals surface area contributed by atoms with Gasteiger partial charge < -0.3 is 0 Å². The second-order valence-corrected chi connectivity index (χ2v) is 4.62. The average Bonchev–Trinajstić information content (AvgIpc) is 2.75. The van der Waals surface area contributed by atoms with Crippen LogP contribution in [-0.2, 0) is 0 Å². The fraction of sp³-hybridized carbons (Fsp3) is 0. The first kappa shape index (κ1) is 25.0.